The molecule has 0 aromatic heterocycles. The Labute approximate surface area is 130 Å². The number of primary amides is 1. The highest BCUT2D eigenvalue weighted by Crippen LogP contribution is 2.28. The summed E-state index contributed by atoms with van der Waals surface area (Å²) < 4.78 is 0. The molecule has 0 bridgehead atoms. The molecule has 2 fully saturated rings. The number of carbonyl (C=O) groups is 2. The monoisotopic (exact) mass is 301 g/mol. The fraction of sp³-hybridized carbons (Fsp3) is 0.529. The molecule has 0 radical (unpaired) electrons. The largest absolute Gasteiger partial charge is 0.368 e. The lowest BCUT2D eigenvalue weighted by atomic mass is 9.93. The van der Waals surface area contributed by atoms with Crippen molar-refractivity contribution in [3.8, 4) is 0 Å². The van der Waals surface area contributed by atoms with E-state index in [1.165, 1.54) is 0 Å². The normalized spacial score (nSPS) is 23.7. The molecule has 1 aromatic rings. The predicted octanol–water partition coefficient (Wildman–Crippen LogP) is 1.20. The van der Waals surface area contributed by atoms with Crippen LogP contribution >= 0.6 is 0 Å². The average Bonchev–Trinajstić information content (AvgIpc) is 3.32. The Morgan fingerprint density at radius 3 is 2.55 bits per heavy atom. The SMILES string of the molecule is NC(=O)[C@H](c1ccccc1)N1CCC[C@@H](C(=O)NC2CC2)C1. The summed E-state index contributed by atoms with van der Waals surface area (Å²) in [5.41, 5.74) is 6.53. The van der Waals surface area contributed by atoms with Crippen molar-refractivity contribution in [3.05, 3.63) is 35.9 Å². The van der Waals surface area contributed by atoms with Crippen LogP contribution in [-0.2, 0) is 9.59 Å². The van der Waals surface area contributed by atoms with Crippen molar-refractivity contribution in [1.29, 1.82) is 0 Å². The van der Waals surface area contributed by atoms with Crippen molar-refractivity contribution in [3.63, 3.8) is 0 Å². The zero-order chi connectivity index (χ0) is 15.5. The van der Waals surface area contributed by atoms with Gasteiger partial charge in [0.05, 0.1) is 5.92 Å². The number of nitrogens with zero attached hydrogens (tertiary/aromatic N) is 1. The Bertz CT molecular complexity index is 542. The Balaban J connectivity index is 1.71. The van der Waals surface area contributed by atoms with Crippen LogP contribution in [0.15, 0.2) is 30.3 Å². The van der Waals surface area contributed by atoms with Gasteiger partial charge in [-0.3, -0.25) is 14.5 Å². The summed E-state index contributed by atoms with van der Waals surface area (Å²) in [6.07, 6.45) is 3.99. The maximum atomic E-state index is 12.3. The maximum absolute atomic E-state index is 12.3. The van der Waals surface area contributed by atoms with Crippen molar-refractivity contribution < 1.29 is 9.59 Å². The molecule has 1 aliphatic carbocycles. The fourth-order valence-corrected chi connectivity index (χ4v) is 3.19. The van der Waals surface area contributed by atoms with Gasteiger partial charge in [0.15, 0.2) is 0 Å². The van der Waals surface area contributed by atoms with Gasteiger partial charge in [-0.25, -0.2) is 0 Å². The molecule has 1 saturated heterocycles. The third-order valence-electron chi connectivity index (χ3n) is 4.50. The van der Waals surface area contributed by atoms with E-state index in [-0.39, 0.29) is 17.7 Å². The summed E-state index contributed by atoms with van der Waals surface area (Å²) in [6.45, 7) is 1.40. The molecule has 0 spiro atoms. The molecule has 1 aromatic carbocycles. The number of nitrogens with two attached hydrogens (primary N) is 1. The fourth-order valence-electron chi connectivity index (χ4n) is 3.19. The Kier molecular flexibility index (Phi) is 4.43. The molecule has 22 heavy (non-hydrogen) atoms. The van der Waals surface area contributed by atoms with Gasteiger partial charge < -0.3 is 11.1 Å². The van der Waals surface area contributed by atoms with Gasteiger partial charge >= 0.3 is 0 Å². The number of likely N-dealkylation sites (tertiary alicyclic amines) is 1. The van der Waals surface area contributed by atoms with Crippen LogP contribution in [0.2, 0.25) is 0 Å². The molecular weight excluding hydrogens is 278 g/mol. The molecule has 0 unspecified atom stereocenters. The molecule has 5 nitrogen and oxygen atoms in total. The molecule has 3 N–H and O–H groups in total. The van der Waals surface area contributed by atoms with E-state index in [0.29, 0.717) is 12.6 Å². The second-order valence-electron chi connectivity index (χ2n) is 6.33. The van der Waals surface area contributed by atoms with Crippen LogP contribution in [0.1, 0.15) is 37.3 Å². The van der Waals surface area contributed by atoms with Gasteiger partial charge in [0.25, 0.3) is 0 Å². The summed E-state index contributed by atoms with van der Waals surface area (Å²) in [6, 6.07) is 9.51. The summed E-state index contributed by atoms with van der Waals surface area (Å²) >= 11 is 0. The summed E-state index contributed by atoms with van der Waals surface area (Å²) in [5.74, 6) is -0.266. The minimum Gasteiger partial charge on any atom is -0.368 e. The van der Waals surface area contributed by atoms with E-state index in [1.54, 1.807) is 0 Å². The molecule has 2 amide bonds. The Morgan fingerprint density at radius 1 is 1.18 bits per heavy atom. The third kappa shape index (κ3) is 3.47. The highest BCUT2D eigenvalue weighted by Gasteiger charge is 2.34. The highest BCUT2D eigenvalue weighted by molar-refractivity contribution is 5.82. The van der Waals surface area contributed by atoms with Gasteiger partial charge in [0, 0.05) is 12.6 Å². The number of benzene rings is 1. The van der Waals surface area contributed by atoms with E-state index in [9.17, 15) is 9.59 Å². The lowest BCUT2D eigenvalue weighted by Crippen LogP contribution is -2.47. The average molecular weight is 301 g/mol. The number of hydrogen-bond acceptors (Lipinski definition) is 3. The first-order valence-electron chi connectivity index (χ1n) is 8.04. The standard InChI is InChI=1S/C17H23N3O2/c18-16(21)15(12-5-2-1-3-6-12)20-10-4-7-13(11-20)17(22)19-14-8-9-14/h1-3,5-6,13-15H,4,7-11H2,(H2,18,21)(H,19,22)/t13-,15+/m1/s1. The van der Waals surface area contributed by atoms with Crippen molar-refractivity contribution >= 4 is 11.8 Å². The molecule has 118 valence electrons. The summed E-state index contributed by atoms with van der Waals surface area (Å²) in [5, 5.41) is 3.07. The number of nitrogens with one attached hydrogen (secondary N) is 1. The van der Waals surface area contributed by atoms with Crippen LogP contribution in [0.3, 0.4) is 0 Å². The first kappa shape index (κ1) is 15.0. The minimum atomic E-state index is -0.447. The van der Waals surface area contributed by atoms with Crippen LogP contribution in [0.25, 0.3) is 0 Å². The zero-order valence-electron chi connectivity index (χ0n) is 12.7. The summed E-state index contributed by atoms with van der Waals surface area (Å²) in [7, 11) is 0. The summed E-state index contributed by atoms with van der Waals surface area (Å²) in [4.78, 5) is 26.3. The topological polar surface area (TPSA) is 75.4 Å². The van der Waals surface area contributed by atoms with Crippen LogP contribution in [-0.4, -0.2) is 35.8 Å². The van der Waals surface area contributed by atoms with Crippen LogP contribution in [0.4, 0.5) is 0 Å². The van der Waals surface area contributed by atoms with Gasteiger partial charge in [-0.2, -0.15) is 0 Å². The smallest absolute Gasteiger partial charge is 0.239 e. The van der Waals surface area contributed by atoms with Crippen molar-refractivity contribution in [2.24, 2.45) is 11.7 Å². The third-order valence-corrected chi connectivity index (χ3v) is 4.50. The first-order chi connectivity index (χ1) is 10.6. The van der Waals surface area contributed by atoms with Crippen LogP contribution < -0.4 is 11.1 Å². The van der Waals surface area contributed by atoms with Crippen LogP contribution in [0.5, 0.6) is 0 Å². The predicted molar refractivity (Wildman–Crippen MR) is 83.8 cm³/mol. The second kappa shape index (κ2) is 6.48. The molecular formula is C17H23N3O2. The van der Waals surface area contributed by atoms with E-state index in [0.717, 1.165) is 37.8 Å². The van der Waals surface area contributed by atoms with Crippen molar-refractivity contribution in [1.82, 2.24) is 10.2 Å². The maximum Gasteiger partial charge on any atom is 0.239 e. The van der Waals surface area contributed by atoms with Gasteiger partial charge in [-0.05, 0) is 37.8 Å². The second-order valence-corrected chi connectivity index (χ2v) is 6.33. The van der Waals surface area contributed by atoms with Gasteiger partial charge in [-0.15, -0.1) is 0 Å². The van der Waals surface area contributed by atoms with E-state index in [1.807, 2.05) is 30.3 Å². The van der Waals surface area contributed by atoms with E-state index >= 15 is 0 Å². The van der Waals surface area contributed by atoms with E-state index < -0.39 is 6.04 Å². The van der Waals surface area contributed by atoms with Gasteiger partial charge in [-0.1, -0.05) is 30.3 Å². The van der Waals surface area contributed by atoms with E-state index in [4.69, 9.17) is 5.73 Å². The molecule has 2 aliphatic rings. The molecule has 1 aliphatic heterocycles. The van der Waals surface area contributed by atoms with Gasteiger partial charge in [0.2, 0.25) is 11.8 Å². The lowest BCUT2D eigenvalue weighted by molar-refractivity contribution is -0.130. The van der Waals surface area contributed by atoms with Crippen molar-refractivity contribution in [2.45, 2.75) is 37.8 Å². The molecule has 2 atom stereocenters. The molecule has 5 heteroatoms. The Morgan fingerprint density at radius 2 is 1.91 bits per heavy atom. The number of hydrogen-bond donors (Lipinski definition) is 2. The molecule has 1 heterocycles. The first-order valence-corrected chi connectivity index (χ1v) is 8.04. The number of amides is 2. The van der Waals surface area contributed by atoms with Crippen molar-refractivity contribution in [2.75, 3.05) is 13.1 Å². The molecule has 3 rings (SSSR count). The number of rotatable bonds is 5. The van der Waals surface area contributed by atoms with E-state index in [2.05, 4.69) is 10.2 Å². The number of carbonyl (C=O) groups excluding carboxylic acids is 2. The lowest BCUT2D eigenvalue weighted by Gasteiger charge is -2.36. The van der Waals surface area contributed by atoms with Crippen LogP contribution in [0, 0.1) is 5.92 Å². The molecule has 1 saturated carbocycles. The quantitative estimate of drug-likeness (QED) is 0.858. The highest BCUT2D eigenvalue weighted by atomic mass is 16.2. The zero-order valence-corrected chi connectivity index (χ0v) is 12.7. The van der Waals surface area contributed by atoms with Gasteiger partial charge in [0.1, 0.15) is 6.04 Å². The number of piperidine rings is 1. The Hall–Kier alpha value is -1.88. The minimum absolute atomic E-state index is 0.0417.